The van der Waals surface area contributed by atoms with Crippen molar-refractivity contribution < 1.29 is 28.8 Å². The summed E-state index contributed by atoms with van der Waals surface area (Å²) in [5, 5.41) is 11.0. The van der Waals surface area contributed by atoms with Crippen LogP contribution in [0, 0.1) is 10.1 Å². The first-order valence-electron chi connectivity index (χ1n) is 11.5. The number of hydrazine groups is 1. The van der Waals surface area contributed by atoms with Gasteiger partial charge in [0.1, 0.15) is 9.88 Å². The molecule has 198 valence electrons. The van der Waals surface area contributed by atoms with Crippen molar-refractivity contribution in [2.75, 3.05) is 13.7 Å². The van der Waals surface area contributed by atoms with Crippen LogP contribution < -0.4 is 10.9 Å². The minimum Gasteiger partial charge on any atom is -0.465 e. The number of nitro groups is 1. The van der Waals surface area contributed by atoms with Crippen LogP contribution in [-0.2, 0) is 14.3 Å². The van der Waals surface area contributed by atoms with E-state index >= 15 is 0 Å². The van der Waals surface area contributed by atoms with Gasteiger partial charge in [0, 0.05) is 19.0 Å². The van der Waals surface area contributed by atoms with E-state index in [2.05, 4.69) is 15.6 Å². The molecule has 2 aromatic rings. The zero-order chi connectivity index (χ0) is 27.7. The summed E-state index contributed by atoms with van der Waals surface area (Å²) >= 11 is 6.55. The van der Waals surface area contributed by atoms with Gasteiger partial charge in [0.05, 0.1) is 22.5 Å². The molecule has 0 atom stereocenters. The molecule has 13 heteroatoms. The van der Waals surface area contributed by atoms with Crippen molar-refractivity contribution in [3.05, 3.63) is 80.2 Å². The summed E-state index contributed by atoms with van der Waals surface area (Å²) in [5.41, 5.74) is 5.08. The van der Waals surface area contributed by atoms with Crippen LogP contribution in [0.3, 0.4) is 0 Å². The summed E-state index contributed by atoms with van der Waals surface area (Å²) in [7, 11) is 1.31. The van der Waals surface area contributed by atoms with Gasteiger partial charge in [-0.2, -0.15) is 0 Å². The second-order valence-electron chi connectivity index (χ2n) is 8.03. The Bertz CT molecular complexity index is 1290. The molecular weight excluding hydrogens is 532 g/mol. The number of ether oxygens (including phenoxy) is 1. The Morgan fingerprint density at radius 2 is 1.79 bits per heavy atom. The van der Waals surface area contributed by atoms with Crippen molar-refractivity contribution in [1.29, 1.82) is 0 Å². The Morgan fingerprint density at radius 3 is 2.47 bits per heavy atom. The van der Waals surface area contributed by atoms with E-state index < -0.39 is 22.7 Å². The number of nitrogens with one attached hydrogen (secondary N) is 2. The molecule has 0 unspecified atom stereocenters. The molecule has 1 saturated heterocycles. The number of nitro benzene ring substituents is 1. The number of rotatable bonds is 10. The quantitative estimate of drug-likeness (QED) is 0.112. The number of para-hydroxylation sites is 1. The monoisotopic (exact) mass is 556 g/mol. The van der Waals surface area contributed by atoms with Crippen LogP contribution >= 0.6 is 24.0 Å². The maximum atomic E-state index is 12.8. The van der Waals surface area contributed by atoms with E-state index in [1.54, 1.807) is 30.3 Å². The molecule has 2 aromatic carbocycles. The fourth-order valence-corrected chi connectivity index (χ4v) is 4.80. The number of carbonyl (C=O) groups excluding carboxylic acids is 4. The first-order valence-corrected chi connectivity index (χ1v) is 12.7. The van der Waals surface area contributed by atoms with E-state index in [-0.39, 0.29) is 23.6 Å². The number of nitrogens with zero attached hydrogens (tertiary/aromatic N) is 2. The molecule has 0 saturated carbocycles. The molecule has 1 fully saturated rings. The lowest BCUT2D eigenvalue weighted by Crippen LogP contribution is -2.41. The highest BCUT2D eigenvalue weighted by atomic mass is 32.2. The third kappa shape index (κ3) is 7.46. The molecule has 0 radical (unpaired) electrons. The molecule has 1 aliphatic rings. The lowest BCUT2D eigenvalue weighted by Gasteiger charge is -2.14. The number of thioether (sulfide) groups is 1. The van der Waals surface area contributed by atoms with Crippen molar-refractivity contribution in [1.82, 2.24) is 15.8 Å². The molecule has 0 aliphatic carbocycles. The van der Waals surface area contributed by atoms with Crippen LogP contribution in [0.15, 0.2) is 53.4 Å². The highest BCUT2D eigenvalue weighted by molar-refractivity contribution is 8.26. The van der Waals surface area contributed by atoms with Crippen molar-refractivity contribution in [3.63, 3.8) is 0 Å². The summed E-state index contributed by atoms with van der Waals surface area (Å²) in [4.78, 5) is 60.9. The Morgan fingerprint density at radius 1 is 1.08 bits per heavy atom. The van der Waals surface area contributed by atoms with E-state index in [1.807, 2.05) is 0 Å². The molecule has 0 spiro atoms. The molecule has 1 heterocycles. The Hall–Kier alpha value is -4.10. The van der Waals surface area contributed by atoms with Gasteiger partial charge in [-0.15, -0.1) is 0 Å². The number of unbranched alkanes of at least 4 members (excludes halogenated alkanes) is 2. The average Bonchev–Trinajstić information content (AvgIpc) is 3.18. The van der Waals surface area contributed by atoms with Crippen LogP contribution in [0.1, 0.15) is 52.0 Å². The van der Waals surface area contributed by atoms with Crippen molar-refractivity contribution in [2.45, 2.75) is 25.7 Å². The van der Waals surface area contributed by atoms with E-state index in [4.69, 9.17) is 12.2 Å². The summed E-state index contributed by atoms with van der Waals surface area (Å²) < 4.78 is 5.12. The SMILES string of the molecule is COC(=O)c1ccc(C=C2SC(=S)N(CCCCCC(=O)NNC(=O)c3ccccc3[N+](=O)[O-])C2=O)cc1. The number of carbonyl (C=O) groups is 4. The molecule has 1 aliphatic heterocycles. The first kappa shape index (κ1) is 28.5. The molecule has 0 bridgehead atoms. The Balaban J connectivity index is 1.40. The van der Waals surface area contributed by atoms with Gasteiger partial charge in [-0.25, -0.2) is 4.79 Å². The minimum absolute atomic E-state index is 0.122. The van der Waals surface area contributed by atoms with E-state index in [0.717, 1.165) is 5.56 Å². The topological polar surface area (TPSA) is 148 Å². The normalized spacial score (nSPS) is 13.9. The van der Waals surface area contributed by atoms with Gasteiger partial charge in [-0.3, -0.25) is 40.2 Å². The minimum atomic E-state index is -0.785. The van der Waals surface area contributed by atoms with Crippen LogP contribution in [0.25, 0.3) is 6.08 Å². The van der Waals surface area contributed by atoms with Crippen LogP contribution in [0.5, 0.6) is 0 Å². The second-order valence-corrected chi connectivity index (χ2v) is 9.71. The van der Waals surface area contributed by atoms with Crippen LogP contribution in [0.4, 0.5) is 5.69 Å². The zero-order valence-corrected chi connectivity index (χ0v) is 21.9. The molecular formula is C25H24N4O7S2. The summed E-state index contributed by atoms with van der Waals surface area (Å²) in [6.45, 7) is 0.402. The summed E-state index contributed by atoms with van der Waals surface area (Å²) in [6.07, 6.45) is 3.59. The van der Waals surface area contributed by atoms with Crippen LogP contribution in [0.2, 0.25) is 0 Å². The van der Waals surface area contributed by atoms with Crippen molar-refractivity contribution >= 4 is 63.8 Å². The second kappa shape index (κ2) is 13.4. The Labute approximate surface area is 227 Å². The lowest BCUT2D eigenvalue weighted by molar-refractivity contribution is -0.385. The van der Waals surface area contributed by atoms with Gasteiger partial charge in [0.2, 0.25) is 5.91 Å². The number of hydrogen-bond donors (Lipinski definition) is 2. The maximum Gasteiger partial charge on any atom is 0.337 e. The number of benzene rings is 2. The fourth-order valence-electron chi connectivity index (χ4n) is 3.49. The van der Waals surface area contributed by atoms with Crippen molar-refractivity contribution in [3.8, 4) is 0 Å². The van der Waals surface area contributed by atoms with Gasteiger partial charge < -0.3 is 4.74 Å². The average molecular weight is 557 g/mol. The van der Waals surface area contributed by atoms with Gasteiger partial charge in [0.15, 0.2) is 0 Å². The first-order chi connectivity index (χ1) is 18.2. The van der Waals surface area contributed by atoms with Crippen LogP contribution in [-0.4, -0.2) is 51.5 Å². The largest absolute Gasteiger partial charge is 0.465 e. The molecule has 0 aromatic heterocycles. The van der Waals surface area contributed by atoms with Gasteiger partial charge in [-0.05, 0) is 42.7 Å². The molecule has 3 rings (SSSR count). The molecule has 11 nitrogen and oxygen atoms in total. The molecule has 3 amide bonds. The third-order valence-corrected chi connectivity index (χ3v) is 6.83. The summed E-state index contributed by atoms with van der Waals surface area (Å²) in [5.74, 6) is -1.87. The highest BCUT2D eigenvalue weighted by Crippen LogP contribution is 2.32. The van der Waals surface area contributed by atoms with E-state index in [1.165, 1.54) is 48.0 Å². The smallest absolute Gasteiger partial charge is 0.337 e. The van der Waals surface area contributed by atoms with Gasteiger partial charge in [0.25, 0.3) is 17.5 Å². The molecule has 38 heavy (non-hydrogen) atoms. The zero-order valence-electron chi connectivity index (χ0n) is 20.3. The highest BCUT2D eigenvalue weighted by Gasteiger charge is 2.31. The standard InChI is InChI=1S/C25H24N4O7S2/c1-36-24(33)17-12-10-16(11-13-17)15-20-23(32)28(25(37)38-20)14-6-2-3-9-21(30)26-27-22(31)18-7-4-5-8-19(18)29(34)35/h4-5,7-8,10-13,15H,2-3,6,9,14H2,1H3,(H,26,30)(H,27,31). The number of hydrogen-bond acceptors (Lipinski definition) is 9. The number of thiocarbonyl (C=S) groups is 1. The van der Waals surface area contributed by atoms with Crippen molar-refractivity contribution in [2.24, 2.45) is 0 Å². The fraction of sp³-hybridized carbons (Fsp3) is 0.240. The number of esters is 1. The predicted molar refractivity (Wildman–Crippen MR) is 145 cm³/mol. The Kier molecular flexibility index (Phi) is 10.1. The molecule has 2 N–H and O–H groups in total. The maximum absolute atomic E-state index is 12.8. The summed E-state index contributed by atoms with van der Waals surface area (Å²) in [6, 6.07) is 12.1. The number of methoxy groups -OCH3 is 1. The van der Waals surface area contributed by atoms with E-state index in [0.29, 0.717) is 40.6 Å². The van der Waals surface area contributed by atoms with Gasteiger partial charge in [-0.1, -0.05) is 54.7 Å². The third-order valence-electron chi connectivity index (χ3n) is 5.45. The number of amides is 3. The predicted octanol–water partition coefficient (Wildman–Crippen LogP) is 3.60. The van der Waals surface area contributed by atoms with Gasteiger partial charge >= 0.3 is 5.97 Å². The van der Waals surface area contributed by atoms with E-state index in [9.17, 15) is 29.3 Å². The lowest BCUT2D eigenvalue weighted by atomic mass is 10.1.